The summed E-state index contributed by atoms with van der Waals surface area (Å²) in [5, 5.41) is 7.90. The van der Waals surface area contributed by atoms with E-state index in [9.17, 15) is 0 Å². The van der Waals surface area contributed by atoms with Crippen LogP contribution in [0.4, 0.5) is 5.69 Å². The van der Waals surface area contributed by atoms with Gasteiger partial charge in [-0.15, -0.1) is 0 Å². The third kappa shape index (κ3) is 5.86. The molecule has 1 atom stereocenters. The van der Waals surface area contributed by atoms with E-state index in [2.05, 4.69) is 27.4 Å². The minimum atomic E-state index is 0.237. The smallest absolute Gasteiger partial charge is 0.191 e. The molecule has 1 aromatic rings. The third-order valence-corrected chi connectivity index (χ3v) is 7.36. The van der Waals surface area contributed by atoms with Crippen molar-refractivity contribution in [3.8, 4) is 5.75 Å². The first-order valence-electron chi connectivity index (χ1n) is 10.4. The number of ether oxygens (including phenoxy) is 2. The fourth-order valence-corrected chi connectivity index (χ4v) is 5.47. The molecule has 2 saturated heterocycles. The second kappa shape index (κ2) is 10.6. The van der Waals surface area contributed by atoms with Gasteiger partial charge in [0.1, 0.15) is 5.75 Å². The standard InChI is InChI=1S/C21H33ClN4O2S/c1-4-29-21(8-11-28-12-9-21)15-24-20(23-2)25-17-7-10-26(14-17)18-13-16(22)5-6-19(18)27-3/h5-6,13,17H,4,7-12,14-15H2,1-3H3,(H2,23,24,25). The number of nitrogens with zero attached hydrogens (tertiary/aromatic N) is 2. The number of thioether (sulfide) groups is 1. The van der Waals surface area contributed by atoms with Crippen molar-refractivity contribution in [3.05, 3.63) is 23.2 Å². The van der Waals surface area contributed by atoms with Gasteiger partial charge in [-0.3, -0.25) is 4.99 Å². The molecule has 0 spiro atoms. The maximum Gasteiger partial charge on any atom is 0.191 e. The second-order valence-corrected chi connectivity index (χ2v) is 9.71. The molecule has 2 heterocycles. The van der Waals surface area contributed by atoms with Gasteiger partial charge in [-0.05, 0) is 43.2 Å². The van der Waals surface area contributed by atoms with Crippen LogP contribution in [-0.2, 0) is 4.74 Å². The molecular weight excluding hydrogens is 408 g/mol. The van der Waals surface area contributed by atoms with Gasteiger partial charge in [-0.2, -0.15) is 11.8 Å². The van der Waals surface area contributed by atoms with Crippen molar-refractivity contribution in [2.24, 2.45) is 4.99 Å². The van der Waals surface area contributed by atoms with Crippen LogP contribution < -0.4 is 20.3 Å². The number of aliphatic imine (C=N–C) groups is 1. The fourth-order valence-electron chi connectivity index (χ4n) is 4.06. The van der Waals surface area contributed by atoms with E-state index in [1.165, 1.54) is 0 Å². The molecule has 2 N–H and O–H groups in total. The quantitative estimate of drug-likeness (QED) is 0.500. The topological polar surface area (TPSA) is 58.1 Å². The van der Waals surface area contributed by atoms with Gasteiger partial charge in [0.05, 0.1) is 12.8 Å². The van der Waals surface area contributed by atoms with E-state index < -0.39 is 0 Å². The number of rotatable bonds is 7. The Balaban J connectivity index is 1.56. The number of hydrogen-bond donors (Lipinski definition) is 2. The zero-order chi connectivity index (χ0) is 20.7. The van der Waals surface area contributed by atoms with Crippen molar-refractivity contribution < 1.29 is 9.47 Å². The number of anilines is 1. The Bertz CT molecular complexity index is 692. The van der Waals surface area contributed by atoms with Crippen LogP contribution in [-0.4, -0.2) is 69.5 Å². The van der Waals surface area contributed by atoms with E-state index in [-0.39, 0.29) is 4.75 Å². The minimum Gasteiger partial charge on any atom is -0.495 e. The van der Waals surface area contributed by atoms with Crippen LogP contribution >= 0.6 is 23.4 Å². The van der Waals surface area contributed by atoms with Crippen molar-refractivity contribution in [3.63, 3.8) is 0 Å². The molecule has 0 saturated carbocycles. The van der Waals surface area contributed by atoms with Crippen molar-refractivity contribution in [2.45, 2.75) is 37.0 Å². The van der Waals surface area contributed by atoms with Crippen LogP contribution in [0.25, 0.3) is 0 Å². The van der Waals surface area contributed by atoms with Crippen LogP contribution in [0.5, 0.6) is 5.75 Å². The van der Waals surface area contributed by atoms with Gasteiger partial charge >= 0.3 is 0 Å². The van der Waals surface area contributed by atoms with Crippen molar-refractivity contribution in [2.75, 3.05) is 57.7 Å². The SMILES string of the molecule is CCSC1(CNC(=NC)NC2CCN(c3cc(Cl)ccc3OC)C2)CCOCC1. The molecule has 0 aliphatic carbocycles. The summed E-state index contributed by atoms with van der Waals surface area (Å²) in [5.41, 5.74) is 1.05. The van der Waals surface area contributed by atoms with E-state index in [4.69, 9.17) is 21.1 Å². The highest BCUT2D eigenvalue weighted by atomic mass is 35.5. The normalized spacial score (nSPS) is 21.9. The molecule has 29 heavy (non-hydrogen) atoms. The lowest BCUT2D eigenvalue weighted by molar-refractivity contribution is 0.0782. The Hall–Kier alpha value is -1.31. The van der Waals surface area contributed by atoms with Crippen LogP contribution in [0.1, 0.15) is 26.2 Å². The monoisotopic (exact) mass is 440 g/mol. The number of methoxy groups -OCH3 is 1. The highest BCUT2D eigenvalue weighted by Gasteiger charge is 2.33. The van der Waals surface area contributed by atoms with Gasteiger partial charge in [0.25, 0.3) is 0 Å². The van der Waals surface area contributed by atoms with Gasteiger partial charge in [-0.25, -0.2) is 0 Å². The first-order chi connectivity index (χ1) is 14.1. The molecule has 2 aliphatic heterocycles. The van der Waals surface area contributed by atoms with E-state index >= 15 is 0 Å². The molecule has 0 bridgehead atoms. The molecule has 162 valence electrons. The molecule has 1 aromatic carbocycles. The zero-order valence-corrected chi connectivity index (χ0v) is 19.2. The molecular formula is C21H33ClN4O2S. The average molecular weight is 441 g/mol. The highest BCUT2D eigenvalue weighted by Crippen LogP contribution is 2.35. The lowest BCUT2D eigenvalue weighted by atomic mass is 9.99. The predicted molar refractivity (Wildman–Crippen MR) is 124 cm³/mol. The highest BCUT2D eigenvalue weighted by molar-refractivity contribution is 8.00. The summed E-state index contributed by atoms with van der Waals surface area (Å²) in [6.45, 7) is 6.68. The number of nitrogens with one attached hydrogen (secondary N) is 2. The summed E-state index contributed by atoms with van der Waals surface area (Å²) in [4.78, 5) is 6.78. The summed E-state index contributed by atoms with van der Waals surface area (Å²) in [6, 6.07) is 6.10. The lowest BCUT2D eigenvalue weighted by Gasteiger charge is -2.37. The number of halogens is 1. The van der Waals surface area contributed by atoms with Crippen LogP contribution in [0.3, 0.4) is 0 Å². The summed E-state index contributed by atoms with van der Waals surface area (Å²) in [7, 11) is 3.54. The lowest BCUT2D eigenvalue weighted by Crippen LogP contribution is -2.50. The maximum atomic E-state index is 6.21. The van der Waals surface area contributed by atoms with E-state index in [1.54, 1.807) is 7.11 Å². The average Bonchev–Trinajstić information content (AvgIpc) is 3.20. The van der Waals surface area contributed by atoms with Gasteiger partial charge in [0, 0.05) is 55.7 Å². The van der Waals surface area contributed by atoms with E-state index in [0.29, 0.717) is 6.04 Å². The number of benzene rings is 1. The molecule has 3 rings (SSSR count). The molecule has 8 heteroatoms. The van der Waals surface area contributed by atoms with Gasteiger partial charge < -0.3 is 25.0 Å². The Kier molecular flexibility index (Phi) is 8.21. The zero-order valence-electron chi connectivity index (χ0n) is 17.7. The van der Waals surface area contributed by atoms with Gasteiger partial charge in [0.15, 0.2) is 5.96 Å². The van der Waals surface area contributed by atoms with Crippen molar-refractivity contribution >= 4 is 35.0 Å². The summed E-state index contributed by atoms with van der Waals surface area (Å²) < 4.78 is 11.3. The first-order valence-corrected chi connectivity index (χ1v) is 11.7. The molecule has 0 amide bonds. The van der Waals surface area contributed by atoms with Crippen LogP contribution in [0.15, 0.2) is 23.2 Å². The molecule has 0 radical (unpaired) electrons. The Morgan fingerprint density at radius 3 is 2.90 bits per heavy atom. The number of guanidine groups is 1. The maximum absolute atomic E-state index is 6.21. The van der Waals surface area contributed by atoms with Gasteiger partial charge in [0.2, 0.25) is 0 Å². The molecule has 6 nitrogen and oxygen atoms in total. The van der Waals surface area contributed by atoms with Crippen molar-refractivity contribution in [1.29, 1.82) is 0 Å². The first kappa shape index (κ1) is 22.4. The third-order valence-electron chi connectivity index (χ3n) is 5.67. The van der Waals surface area contributed by atoms with E-state index in [0.717, 1.165) is 80.3 Å². The predicted octanol–water partition coefficient (Wildman–Crippen LogP) is 3.39. The summed E-state index contributed by atoms with van der Waals surface area (Å²) in [6.07, 6.45) is 3.21. The van der Waals surface area contributed by atoms with Crippen molar-refractivity contribution in [1.82, 2.24) is 10.6 Å². The van der Waals surface area contributed by atoms with Crippen LogP contribution in [0, 0.1) is 0 Å². The van der Waals surface area contributed by atoms with Gasteiger partial charge in [-0.1, -0.05) is 18.5 Å². The van der Waals surface area contributed by atoms with E-state index in [1.807, 2.05) is 37.0 Å². The fraction of sp³-hybridized carbons (Fsp3) is 0.667. The largest absolute Gasteiger partial charge is 0.495 e. The number of hydrogen-bond acceptors (Lipinski definition) is 5. The van der Waals surface area contributed by atoms with Crippen LogP contribution in [0.2, 0.25) is 5.02 Å². The Labute approximate surface area is 183 Å². The molecule has 2 fully saturated rings. The summed E-state index contributed by atoms with van der Waals surface area (Å²) in [5.74, 6) is 2.85. The molecule has 0 aromatic heterocycles. The summed E-state index contributed by atoms with van der Waals surface area (Å²) >= 11 is 8.25. The Morgan fingerprint density at radius 2 is 2.21 bits per heavy atom. The second-order valence-electron chi connectivity index (χ2n) is 7.55. The molecule has 1 unspecified atom stereocenters. The minimum absolute atomic E-state index is 0.237. The Morgan fingerprint density at radius 1 is 1.41 bits per heavy atom. The molecule has 2 aliphatic rings.